The molecule has 0 fully saturated rings. The second-order valence-electron chi connectivity index (χ2n) is 8.42. The van der Waals surface area contributed by atoms with E-state index >= 15 is 0 Å². The van der Waals surface area contributed by atoms with Gasteiger partial charge >= 0.3 is 12.1 Å². The molecule has 0 radical (unpaired) electrons. The van der Waals surface area contributed by atoms with Gasteiger partial charge in [-0.15, -0.1) is 0 Å². The van der Waals surface area contributed by atoms with Gasteiger partial charge in [-0.05, 0) is 47.9 Å². The summed E-state index contributed by atoms with van der Waals surface area (Å²) in [5.74, 6) is -0.399. The van der Waals surface area contributed by atoms with E-state index < -0.39 is 23.0 Å². The van der Waals surface area contributed by atoms with Crippen LogP contribution in [0.15, 0.2) is 12.1 Å². The molecule has 1 amide bonds. The Hall–Kier alpha value is -2.55. The highest BCUT2D eigenvalue weighted by Crippen LogP contribution is 2.51. The first-order chi connectivity index (χ1) is 13.1. The van der Waals surface area contributed by atoms with E-state index in [4.69, 9.17) is 4.74 Å². The number of esters is 1. The van der Waals surface area contributed by atoms with Crippen molar-refractivity contribution in [3.05, 3.63) is 34.4 Å². The van der Waals surface area contributed by atoms with E-state index in [0.717, 1.165) is 29.5 Å². The molecule has 0 aromatic heterocycles. The van der Waals surface area contributed by atoms with Crippen LogP contribution in [0.1, 0.15) is 69.2 Å². The Balaban J connectivity index is 2.66. The minimum atomic E-state index is -1.06. The lowest BCUT2D eigenvalue weighted by atomic mass is 9.63. The number of rotatable bonds is 5. The normalized spacial score (nSPS) is 18.9. The van der Waals surface area contributed by atoms with Gasteiger partial charge < -0.3 is 9.84 Å². The highest BCUT2D eigenvalue weighted by atomic mass is 16.5. The highest BCUT2D eigenvalue weighted by molar-refractivity contribution is 5.76. The van der Waals surface area contributed by atoms with Crippen molar-refractivity contribution >= 4 is 12.1 Å². The summed E-state index contributed by atoms with van der Waals surface area (Å²) in [6.07, 6.45) is 1.11. The van der Waals surface area contributed by atoms with E-state index in [-0.39, 0.29) is 13.0 Å². The van der Waals surface area contributed by atoms with Crippen molar-refractivity contribution in [3.63, 3.8) is 0 Å². The van der Waals surface area contributed by atoms with E-state index in [1.165, 1.54) is 4.90 Å². The molecule has 2 rings (SSSR count). The quantitative estimate of drug-likeness (QED) is 0.599. The van der Waals surface area contributed by atoms with Gasteiger partial charge in [-0.1, -0.05) is 40.2 Å². The average molecular weight is 386 g/mol. The number of hydrogen-bond donors (Lipinski definition) is 1. The lowest BCUT2D eigenvalue weighted by Crippen LogP contribution is -2.60. The fourth-order valence-corrected chi connectivity index (χ4v) is 4.26. The third kappa shape index (κ3) is 3.71. The maximum Gasteiger partial charge on any atom is 0.408 e. The predicted octanol–water partition coefficient (Wildman–Crippen LogP) is 4.38. The number of fused-ring (bicyclic) bond motifs is 1. The molecular weight excluding hydrogens is 356 g/mol. The number of nitrogens with zero attached hydrogens (tertiary/aromatic N) is 2. The summed E-state index contributed by atoms with van der Waals surface area (Å²) in [5.41, 5.74) is 1.58. The Morgan fingerprint density at radius 1 is 1.36 bits per heavy atom. The number of ether oxygens (including phenoxy) is 1. The molecule has 1 aliphatic rings. The van der Waals surface area contributed by atoms with Crippen LogP contribution >= 0.6 is 0 Å². The fraction of sp³-hybridized carbons (Fsp3) is 0.591. The van der Waals surface area contributed by atoms with Gasteiger partial charge in [0, 0.05) is 6.54 Å². The summed E-state index contributed by atoms with van der Waals surface area (Å²) in [4.78, 5) is 26.3. The van der Waals surface area contributed by atoms with E-state index in [1.807, 2.05) is 40.7 Å². The van der Waals surface area contributed by atoms with Crippen LogP contribution in [0.25, 0.3) is 0 Å². The smallest absolute Gasteiger partial charge is 0.408 e. The zero-order valence-corrected chi connectivity index (χ0v) is 17.5. The molecule has 28 heavy (non-hydrogen) atoms. The van der Waals surface area contributed by atoms with E-state index in [0.29, 0.717) is 18.6 Å². The van der Waals surface area contributed by atoms with Crippen LogP contribution in [0.2, 0.25) is 0 Å². The maximum atomic E-state index is 12.7. The van der Waals surface area contributed by atoms with E-state index in [9.17, 15) is 20.0 Å². The van der Waals surface area contributed by atoms with Crippen molar-refractivity contribution < 1.29 is 19.4 Å². The number of nitriles is 1. The Kier molecular flexibility index (Phi) is 6.38. The number of benzene rings is 1. The topological polar surface area (TPSA) is 90.6 Å². The molecular formula is C22H30N2O4. The summed E-state index contributed by atoms with van der Waals surface area (Å²) >= 11 is 0. The molecule has 0 saturated carbocycles. The lowest BCUT2D eigenvalue weighted by molar-refractivity contribution is -0.150. The number of hydrogen-bond acceptors (Lipinski definition) is 4. The second-order valence-corrected chi connectivity index (χ2v) is 8.42. The lowest BCUT2D eigenvalue weighted by Gasteiger charge is -2.54. The molecule has 0 spiro atoms. The zero-order valence-electron chi connectivity index (χ0n) is 17.5. The van der Waals surface area contributed by atoms with Gasteiger partial charge in [-0.25, -0.2) is 4.79 Å². The first kappa shape index (κ1) is 21.7. The average Bonchev–Trinajstić information content (AvgIpc) is 2.61. The Labute approximate surface area is 167 Å². The van der Waals surface area contributed by atoms with Gasteiger partial charge in [0.15, 0.2) is 0 Å². The third-order valence-electron chi connectivity index (χ3n) is 5.84. The molecule has 152 valence electrons. The van der Waals surface area contributed by atoms with Crippen molar-refractivity contribution in [2.45, 2.75) is 65.8 Å². The van der Waals surface area contributed by atoms with Gasteiger partial charge in [0.2, 0.25) is 0 Å². The fourth-order valence-electron chi connectivity index (χ4n) is 4.26. The largest absolute Gasteiger partial charge is 0.466 e. The number of carboxylic acid groups (broad SMARTS) is 1. The molecule has 6 nitrogen and oxygen atoms in total. The standard InChI is InChI=1S/C22H30N2O4/c1-6-7-12-28-19(25)13-22(21(3,4)5)18-9-8-16(14-23)15(2)17(18)10-11-24(22)20(26)27/h8-9H,6-7,10-13H2,1-5H3,(H,26,27). The highest BCUT2D eigenvalue weighted by Gasteiger charge is 2.54. The summed E-state index contributed by atoms with van der Waals surface area (Å²) in [6.45, 7) is 10.4. The van der Waals surface area contributed by atoms with E-state index in [2.05, 4.69) is 6.07 Å². The van der Waals surface area contributed by atoms with Crippen molar-refractivity contribution in [1.82, 2.24) is 4.90 Å². The Morgan fingerprint density at radius 2 is 2.04 bits per heavy atom. The summed E-state index contributed by atoms with van der Waals surface area (Å²) in [6, 6.07) is 5.74. The molecule has 1 N–H and O–H groups in total. The molecule has 1 atom stereocenters. The van der Waals surface area contributed by atoms with Crippen LogP contribution in [0, 0.1) is 23.7 Å². The SMILES string of the molecule is CCCCOC(=O)CC1(C(C)(C)C)c2ccc(C#N)c(C)c2CCN1C(=O)O. The van der Waals surface area contributed by atoms with Crippen LogP contribution in [-0.4, -0.2) is 35.2 Å². The molecule has 1 unspecified atom stereocenters. The van der Waals surface area contributed by atoms with Gasteiger partial charge in [0.05, 0.1) is 30.2 Å². The summed E-state index contributed by atoms with van der Waals surface area (Å²) < 4.78 is 5.41. The number of carbonyl (C=O) groups excluding carboxylic acids is 1. The molecule has 0 aliphatic carbocycles. The predicted molar refractivity (Wildman–Crippen MR) is 106 cm³/mol. The van der Waals surface area contributed by atoms with Gasteiger partial charge in [-0.2, -0.15) is 5.26 Å². The summed E-state index contributed by atoms with van der Waals surface area (Å²) in [7, 11) is 0. The first-order valence-corrected chi connectivity index (χ1v) is 9.79. The van der Waals surface area contributed by atoms with Gasteiger partial charge in [0.1, 0.15) is 0 Å². The Bertz CT molecular complexity index is 804. The van der Waals surface area contributed by atoms with Crippen LogP contribution in [0.4, 0.5) is 4.79 Å². The zero-order chi connectivity index (χ0) is 21.1. The molecule has 1 aromatic rings. The molecule has 0 saturated heterocycles. The van der Waals surface area contributed by atoms with Crippen LogP contribution < -0.4 is 0 Å². The number of carbonyl (C=O) groups is 2. The summed E-state index contributed by atoms with van der Waals surface area (Å²) in [5, 5.41) is 19.4. The van der Waals surface area contributed by atoms with Crippen molar-refractivity contribution in [2.24, 2.45) is 5.41 Å². The minimum Gasteiger partial charge on any atom is -0.466 e. The van der Waals surface area contributed by atoms with Crippen LogP contribution in [0.5, 0.6) is 0 Å². The Morgan fingerprint density at radius 3 is 2.57 bits per heavy atom. The molecule has 1 aromatic carbocycles. The van der Waals surface area contributed by atoms with E-state index in [1.54, 1.807) is 6.07 Å². The first-order valence-electron chi connectivity index (χ1n) is 9.79. The van der Waals surface area contributed by atoms with Crippen LogP contribution in [-0.2, 0) is 21.5 Å². The van der Waals surface area contributed by atoms with Crippen molar-refractivity contribution in [2.75, 3.05) is 13.2 Å². The maximum absolute atomic E-state index is 12.7. The van der Waals surface area contributed by atoms with Gasteiger partial charge in [-0.3, -0.25) is 9.69 Å². The van der Waals surface area contributed by atoms with Crippen molar-refractivity contribution in [1.29, 1.82) is 5.26 Å². The number of unbranched alkanes of at least 4 members (excludes halogenated alkanes) is 1. The molecule has 1 aliphatic heterocycles. The second kappa shape index (κ2) is 8.22. The van der Waals surface area contributed by atoms with Crippen molar-refractivity contribution in [3.8, 4) is 6.07 Å². The van der Waals surface area contributed by atoms with Crippen LogP contribution in [0.3, 0.4) is 0 Å². The van der Waals surface area contributed by atoms with Gasteiger partial charge in [0.25, 0.3) is 0 Å². The number of amides is 1. The third-order valence-corrected chi connectivity index (χ3v) is 5.84. The molecule has 0 bridgehead atoms. The minimum absolute atomic E-state index is 0.0507. The molecule has 1 heterocycles. The molecule has 6 heteroatoms. The monoisotopic (exact) mass is 386 g/mol.